The second kappa shape index (κ2) is 8.84. The molecule has 0 spiro atoms. The molecule has 0 amide bonds. The maximum atomic E-state index is 14.5. The van der Waals surface area contributed by atoms with E-state index in [1.165, 1.54) is 35.5 Å². The number of benzene rings is 2. The highest BCUT2D eigenvalue weighted by molar-refractivity contribution is 6.30. The molecule has 0 bridgehead atoms. The van der Waals surface area contributed by atoms with Crippen LogP contribution in [0.5, 0.6) is 11.5 Å². The highest BCUT2D eigenvalue weighted by Crippen LogP contribution is 2.39. The minimum atomic E-state index is -3.26. The molecule has 29 heavy (non-hydrogen) atoms. The Bertz CT molecular complexity index is 939. The summed E-state index contributed by atoms with van der Waals surface area (Å²) in [6.07, 6.45) is -3.03. The van der Waals surface area contributed by atoms with E-state index in [9.17, 15) is 18.3 Å². The topological polar surface area (TPSA) is 60.2 Å². The number of ether oxygens (including phenoxy) is 1. The number of alkyl halides is 3. The molecule has 5 nitrogen and oxygen atoms in total. The van der Waals surface area contributed by atoms with Crippen LogP contribution in [0.2, 0.25) is 5.02 Å². The summed E-state index contributed by atoms with van der Waals surface area (Å²) >= 11 is 5.83. The van der Waals surface area contributed by atoms with Crippen molar-refractivity contribution in [3.05, 3.63) is 71.3 Å². The van der Waals surface area contributed by atoms with Gasteiger partial charge in [0.25, 0.3) is 6.43 Å². The highest BCUT2D eigenvalue weighted by Gasteiger charge is 2.35. The molecule has 1 heterocycles. The van der Waals surface area contributed by atoms with Crippen molar-refractivity contribution in [2.75, 3.05) is 0 Å². The Morgan fingerprint density at radius 3 is 2.41 bits per heavy atom. The van der Waals surface area contributed by atoms with Crippen molar-refractivity contribution in [3.8, 4) is 11.5 Å². The van der Waals surface area contributed by atoms with Crippen LogP contribution in [0.3, 0.4) is 0 Å². The molecule has 0 aliphatic heterocycles. The third-order valence-corrected chi connectivity index (χ3v) is 4.82. The van der Waals surface area contributed by atoms with Gasteiger partial charge < -0.3 is 9.84 Å². The average Bonchev–Trinajstić information content (AvgIpc) is 3.21. The number of nitrogens with zero attached hydrogens (tertiary/aromatic N) is 3. The molecule has 0 radical (unpaired) electrons. The first kappa shape index (κ1) is 21.1. The van der Waals surface area contributed by atoms with Crippen LogP contribution in [-0.4, -0.2) is 26.3 Å². The number of aromatic nitrogens is 3. The van der Waals surface area contributed by atoms with Gasteiger partial charge in [-0.2, -0.15) is 5.10 Å². The van der Waals surface area contributed by atoms with Gasteiger partial charge in [-0.3, -0.25) is 0 Å². The summed E-state index contributed by atoms with van der Waals surface area (Å²) in [5.41, 5.74) is -1.91. The molecule has 0 saturated heterocycles. The van der Waals surface area contributed by atoms with Crippen LogP contribution >= 0.6 is 11.6 Å². The largest absolute Gasteiger partial charge is 0.457 e. The first-order valence-electron chi connectivity index (χ1n) is 8.87. The van der Waals surface area contributed by atoms with E-state index in [0.717, 1.165) is 0 Å². The standard InChI is InChI=1S/C20H19ClF3N3O2/c1-2-20(28,10-27-12-25-11-26-27)17-8-7-15(9-16(17)18(22)19(23)24)29-14-5-3-13(21)4-6-14/h3-9,11-12,18-19,28H,2,10H2,1H3. The molecule has 2 atom stereocenters. The lowest BCUT2D eigenvalue weighted by molar-refractivity contribution is 0.00384. The van der Waals surface area contributed by atoms with Crippen molar-refractivity contribution in [2.45, 2.75) is 38.1 Å². The Balaban J connectivity index is 2.00. The van der Waals surface area contributed by atoms with Gasteiger partial charge in [0.2, 0.25) is 0 Å². The molecule has 154 valence electrons. The van der Waals surface area contributed by atoms with Gasteiger partial charge in [-0.05, 0) is 48.4 Å². The van der Waals surface area contributed by atoms with Crippen LogP contribution in [0.4, 0.5) is 13.2 Å². The van der Waals surface area contributed by atoms with E-state index >= 15 is 0 Å². The van der Waals surface area contributed by atoms with E-state index in [4.69, 9.17) is 16.3 Å². The first-order valence-corrected chi connectivity index (χ1v) is 9.25. The maximum absolute atomic E-state index is 14.5. The molecule has 9 heteroatoms. The van der Waals surface area contributed by atoms with Gasteiger partial charge in [-0.15, -0.1) is 0 Å². The van der Waals surface area contributed by atoms with E-state index < -0.39 is 18.2 Å². The van der Waals surface area contributed by atoms with Crippen LogP contribution in [-0.2, 0) is 12.1 Å². The van der Waals surface area contributed by atoms with Crippen molar-refractivity contribution in [2.24, 2.45) is 0 Å². The Morgan fingerprint density at radius 2 is 1.83 bits per heavy atom. The molecular weight excluding hydrogens is 407 g/mol. The molecule has 2 aromatic carbocycles. The predicted molar refractivity (Wildman–Crippen MR) is 102 cm³/mol. The van der Waals surface area contributed by atoms with Crippen LogP contribution in [0.25, 0.3) is 0 Å². The van der Waals surface area contributed by atoms with Gasteiger partial charge in [0.1, 0.15) is 29.8 Å². The molecule has 1 aromatic heterocycles. The lowest BCUT2D eigenvalue weighted by Crippen LogP contribution is -2.33. The van der Waals surface area contributed by atoms with Crippen molar-refractivity contribution in [1.82, 2.24) is 14.8 Å². The summed E-state index contributed by atoms with van der Waals surface area (Å²) in [4.78, 5) is 3.80. The monoisotopic (exact) mass is 425 g/mol. The maximum Gasteiger partial charge on any atom is 0.273 e. The number of hydrogen-bond acceptors (Lipinski definition) is 4. The summed E-state index contributed by atoms with van der Waals surface area (Å²) in [5.74, 6) is 0.572. The molecule has 2 unspecified atom stereocenters. The molecule has 0 aliphatic carbocycles. The van der Waals surface area contributed by atoms with Crippen molar-refractivity contribution in [3.63, 3.8) is 0 Å². The third-order valence-electron chi connectivity index (χ3n) is 4.57. The van der Waals surface area contributed by atoms with Crippen LogP contribution in [0.15, 0.2) is 55.1 Å². The Kier molecular flexibility index (Phi) is 6.44. The zero-order valence-corrected chi connectivity index (χ0v) is 16.2. The minimum Gasteiger partial charge on any atom is -0.457 e. The summed E-state index contributed by atoms with van der Waals surface area (Å²) in [7, 11) is 0. The van der Waals surface area contributed by atoms with Crippen molar-refractivity contribution < 1.29 is 23.0 Å². The van der Waals surface area contributed by atoms with Gasteiger partial charge in [-0.1, -0.05) is 24.6 Å². The molecule has 1 N–H and O–H groups in total. The van der Waals surface area contributed by atoms with E-state index in [2.05, 4.69) is 10.1 Å². The van der Waals surface area contributed by atoms with Crippen LogP contribution in [0, 0.1) is 0 Å². The fourth-order valence-corrected chi connectivity index (χ4v) is 3.13. The zero-order chi connectivity index (χ0) is 21.0. The van der Waals surface area contributed by atoms with Crippen molar-refractivity contribution >= 4 is 11.6 Å². The van der Waals surface area contributed by atoms with Crippen LogP contribution in [0.1, 0.15) is 30.6 Å². The van der Waals surface area contributed by atoms with Crippen LogP contribution < -0.4 is 4.74 Å². The minimum absolute atomic E-state index is 0.0479. The number of aliphatic hydroxyl groups is 1. The third kappa shape index (κ3) is 4.89. The second-order valence-electron chi connectivity index (χ2n) is 6.52. The summed E-state index contributed by atoms with van der Waals surface area (Å²) in [6, 6.07) is 10.5. The van der Waals surface area contributed by atoms with E-state index in [1.54, 1.807) is 31.2 Å². The van der Waals surface area contributed by atoms with Gasteiger partial charge in [0.15, 0.2) is 6.17 Å². The summed E-state index contributed by atoms with van der Waals surface area (Å²) in [5, 5.41) is 15.6. The fraction of sp³-hybridized carbons (Fsp3) is 0.300. The lowest BCUT2D eigenvalue weighted by Gasteiger charge is -2.30. The summed E-state index contributed by atoms with van der Waals surface area (Å²) in [6.45, 7) is 1.61. The molecule has 0 saturated carbocycles. The van der Waals surface area contributed by atoms with E-state index in [0.29, 0.717) is 10.8 Å². The lowest BCUT2D eigenvalue weighted by atomic mass is 9.85. The smallest absolute Gasteiger partial charge is 0.273 e. The number of hydrogen-bond donors (Lipinski definition) is 1. The quantitative estimate of drug-likeness (QED) is 0.532. The van der Waals surface area contributed by atoms with Gasteiger partial charge >= 0.3 is 0 Å². The van der Waals surface area contributed by atoms with Crippen molar-refractivity contribution in [1.29, 1.82) is 0 Å². The Labute approximate surface area is 170 Å². The molecule has 3 rings (SSSR count). The van der Waals surface area contributed by atoms with Gasteiger partial charge in [0, 0.05) is 10.6 Å². The zero-order valence-electron chi connectivity index (χ0n) is 15.5. The predicted octanol–water partition coefficient (Wildman–Crippen LogP) is 5.30. The van der Waals surface area contributed by atoms with Gasteiger partial charge in [0.05, 0.1) is 6.54 Å². The average molecular weight is 426 g/mol. The summed E-state index contributed by atoms with van der Waals surface area (Å²) < 4.78 is 47.9. The first-order chi connectivity index (χ1) is 13.8. The highest BCUT2D eigenvalue weighted by atomic mass is 35.5. The second-order valence-corrected chi connectivity index (χ2v) is 6.96. The SMILES string of the molecule is CCC(O)(Cn1cncn1)c1ccc(Oc2ccc(Cl)cc2)cc1C(F)C(F)F. The molecule has 3 aromatic rings. The van der Waals surface area contributed by atoms with E-state index in [-0.39, 0.29) is 29.8 Å². The molecule has 0 aliphatic rings. The Morgan fingerprint density at radius 1 is 1.14 bits per heavy atom. The Hall–Kier alpha value is -2.58. The number of rotatable bonds is 8. The number of halogens is 4. The van der Waals surface area contributed by atoms with Gasteiger partial charge in [-0.25, -0.2) is 22.8 Å². The fourth-order valence-electron chi connectivity index (χ4n) is 3.00. The molecular formula is C20H19ClF3N3O2. The van der Waals surface area contributed by atoms with E-state index in [1.807, 2.05) is 0 Å². The normalized spacial score (nSPS) is 14.6. The molecule has 0 fully saturated rings.